The van der Waals surface area contributed by atoms with Gasteiger partial charge in [0.2, 0.25) is 5.91 Å². The third-order valence-electron chi connectivity index (χ3n) is 5.88. The summed E-state index contributed by atoms with van der Waals surface area (Å²) in [7, 11) is -4.40. The van der Waals surface area contributed by atoms with Crippen LogP contribution in [0.2, 0.25) is 10.0 Å². The van der Waals surface area contributed by atoms with Crippen LogP contribution in [-0.2, 0) is 27.6 Å². The Balaban J connectivity index is 1.71. The lowest BCUT2D eigenvalue weighted by Crippen LogP contribution is -2.38. The molecule has 0 fully saturated rings. The van der Waals surface area contributed by atoms with E-state index in [0.717, 1.165) is 33.6 Å². The van der Waals surface area contributed by atoms with E-state index >= 15 is 0 Å². The average molecular weight is 623 g/mol. The number of alkyl halides is 3. The maximum absolute atomic E-state index is 13.8. The molecule has 0 saturated heterocycles. The Hall–Kier alpha value is -3.73. The van der Waals surface area contributed by atoms with E-state index in [9.17, 15) is 26.4 Å². The minimum absolute atomic E-state index is 0.0929. The number of hydrogen-bond acceptors (Lipinski definition) is 4. The molecule has 0 aliphatic carbocycles. The zero-order valence-electron chi connectivity index (χ0n) is 21.5. The molecule has 0 aliphatic heterocycles. The molecule has 4 rings (SSSR count). The number of sulfonamides is 1. The minimum Gasteiger partial charge on any atom is -0.487 e. The molecule has 0 aliphatic rings. The minimum atomic E-state index is -4.63. The molecule has 0 saturated carbocycles. The first-order valence-electron chi connectivity index (χ1n) is 12.1. The first kappa shape index (κ1) is 30.2. The predicted molar refractivity (Wildman–Crippen MR) is 153 cm³/mol. The molecule has 4 aromatic carbocycles. The number of benzene rings is 4. The van der Waals surface area contributed by atoms with Crippen molar-refractivity contribution in [3.05, 3.63) is 118 Å². The van der Waals surface area contributed by atoms with E-state index in [0.29, 0.717) is 0 Å². The van der Waals surface area contributed by atoms with Gasteiger partial charge < -0.3 is 10.1 Å². The van der Waals surface area contributed by atoms with E-state index in [1.165, 1.54) is 30.3 Å². The number of hydrogen-bond donors (Lipinski definition) is 1. The van der Waals surface area contributed by atoms with Crippen LogP contribution in [0.1, 0.15) is 16.7 Å². The lowest BCUT2D eigenvalue weighted by molar-refractivity contribution is -0.137. The first-order chi connectivity index (χ1) is 19.3. The third kappa shape index (κ3) is 7.52. The molecular formula is C29H23Cl2F3N2O4S. The van der Waals surface area contributed by atoms with Crippen molar-refractivity contribution in [1.29, 1.82) is 0 Å². The van der Waals surface area contributed by atoms with E-state index in [1.54, 1.807) is 19.1 Å². The normalized spacial score (nSPS) is 11.7. The van der Waals surface area contributed by atoms with E-state index < -0.39 is 34.2 Å². The monoisotopic (exact) mass is 622 g/mol. The molecule has 0 radical (unpaired) electrons. The fraction of sp³-hybridized carbons (Fsp3) is 0.138. The van der Waals surface area contributed by atoms with Crippen LogP contribution < -0.4 is 14.4 Å². The van der Waals surface area contributed by atoms with Gasteiger partial charge in [-0.05, 0) is 48.9 Å². The van der Waals surface area contributed by atoms with Gasteiger partial charge in [-0.25, -0.2) is 8.42 Å². The van der Waals surface area contributed by atoms with Gasteiger partial charge in [-0.15, -0.1) is 0 Å². The smallest absolute Gasteiger partial charge is 0.416 e. The zero-order chi connectivity index (χ0) is 29.8. The highest BCUT2D eigenvalue weighted by atomic mass is 35.5. The molecule has 0 aromatic heterocycles. The van der Waals surface area contributed by atoms with Gasteiger partial charge in [0, 0.05) is 11.8 Å². The van der Waals surface area contributed by atoms with E-state index in [4.69, 9.17) is 27.9 Å². The summed E-state index contributed by atoms with van der Waals surface area (Å²) in [6.07, 6.45) is -4.63. The van der Waals surface area contributed by atoms with Crippen LogP contribution in [0.3, 0.4) is 0 Å². The van der Waals surface area contributed by atoms with Crippen molar-refractivity contribution in [2.24, 2.45) is 0 Å². The highest BCUT2D eigenvalue weighted by molar-refractivity contribution is 7.92. The van der Waals surface area contributed by atoms with Crippen molar-refractivity contribution >= 4 is 50.5 Å². The van der Waals surface area contributed by atoms with Gasteiger partial charge in [-0.2, -0.15) is 13.2 Å². The largest absolute Gasteiger partial charge is 0.487 e. The number of halogens is 5. The van der Waals surface area contributed by atoms with Gasteiger partial charge in [0.15, 0.2) is 0 Å². The van der Waals surface area contributed by atoms with Crippen LogP contribution in [0.15, 0.2) is 95.9 Å². The lowest BCUT2D eigenvalue weighted by Gasteiger charge is -2.26. The Bertz CT molecular complexity index is 1650. The summed E-state index contributed by atoms with van der Waals surface area (Å²) >= 11 is 12.8. The Labute approximate surface area is 245 Å². The Morgan fingerprint density at radius 3 is 2.24 bits per heavy atom. The number of amides is 1. The molecule has 1 amide bonds. The lowest BCUT2D eigenvalue weighted by atomic mass is 10.2. The maximum atomic E-state index is 13.8. The number of anilines is 2. The summed E-state index contributed by atoms with van der Waals surface area (Å²) in [4.78, 5) is 12.9. The van der Waals surface area contributed by atoms with Gasteiger partial charge in [-0.3, -0.25) is 9.10 Å². The van der Waals surface area contributed by atoms with Crippen LogP contribution in [-0.4, -0.2) is 20.9 Å². The molecule has 0 bridgehead atoms. The van der Waals surface area contributed by atoms with Crippen LogP contribution >= 0.6 is 23.2 Å². The van der Waals surface area contributed by atoms with Gasteiger partial charge in [0.1, 0.15) is 18.9 Å². The van der Waals surface area contributed by atoms with Crippen molar-refractivity contribution in [3.63, 3.8) is 0 Å². The Morgan fingerprint density at radius 2 is 1.59 bits per heavy atom. The van der Waals surface area contributed by atoms with E-state index in [2.05, 4.69) is 5.32 Å². The highest BCUT2D eigenvalue weighted by Crippen LogP contribution is 2.39. The summed E-state index contributed by atoms with van der Waals surface area (Å²) in [6, 6.07) is 21.7. The average Bonchev–Trinajstić information content (AvgIpc) is 2.92. The predicted octanol–water partition coefficient (Wildman–Crippen LogP) is 7.73. The van der Waals surface area contributed by atoms with Crippen molar-refractivity contribution < 1.29 is 31.1 Å². The van der Waals surface area contributed by atoms with Crippen LogP contribution in [0, 0.1) is 6.92 Å². The van der Waals surface area contributed by atoms with Crippen molar-refractivity contribution in [2.75, 3.05) is 16.2 Å². The molecular weight excluding hydrogens is 600 g/mol. The summed E-state index contributed by atoms with van der Waals surface area (Å²) < 4.78 is 73.7. The summed E-state index contributed by atoms with van der Waals surface area (Å²) in [5.41, 5.74) is 0.384. The number of carbonyl (C=O) groups excluding carboxylic acids is 1. The second kappa shape index (κ2) is 12.4. The van der Waals surface area contributed by atoms with Crippen LogP contribution in [0.4, 0.5) is 24.5 Å². The van der Waals surface area contributed by atoms with E-state index in [-0.39, 0.29) is 38.7 Å². The molecule has 6 nitrogen and oxygen atoms in total. The first-order valence-corrected chi connectivity index (χ1v) is 14.3. The Morgan fingerprint density at radius 1 is 0.902 bits per heavy atom. The quantitative estimate of drug-likeness (QED) is 0.207. The van der Waals surface area contributed by atoms with Gasteiger partial charge in [-0.1, -0.05) is 77.3 Å². The standard InChI is InChI=1S/C29H23Cl2F3N2O4S/c1-19-10-12-23(13-11-19)41(38,39)36(17-28(37)35-22-9-5-8-21(14-22)29(32,33)34)26-16-27(25(31)15-24(26)30)40-18-20-6-3-2-4-7-20/h2-16H,17-18H2,1H3,(H,35,37). The summed E-state index contributed by atoms with van der Waals surface area (Å²) in [5.74, 6) is -0.796. The number of rotatable bonds is 9. The fourth-order valence-corrected chi connectivity index (χ4v) is 5.82. The number of nitrogens with zero attached hydrogens (tertiary/aromatic N) is 1. The summed E-state index contributed by atoms with van der Waals surface area (Å²) in [6.45, 7) is 1.08. The van der Waals surface area contributed by atoms with Gasteiger partial charge >= 0.3 is 6.18 Å². The number of carbonyl (C=O) groups is 1. The van der Waals surface area contributed by atoms with Crippen molar-refractivity contribution in [1.82, 2.24) is 0 Å². The van der Waals surface area contributed by atoms with Crippen LogP contribution in [0.25, 0.3) is 0 Å². The number of aryl methyl sites for hydroxylation is 1. The molecule has 12 heteroatoms. The molecule has 4 aromatic rings. The van der Waals surface area contributed by atoms with Gasteiger partial charge in [0.25, 0.3) is 10.0 Å². The SMILES string of the molecule is Cc1ccc(S(=O)(=O)N(CC(=O)Nc2cccc(C(F)(F)F)c2)c2cc(OCc3ccccc3)c(Cl)cc2Cl)cc1. The topological polar surface area (TPSA) is 75.7 Å². The molecule has 0 unspecified atom stereocenters. The van der Waals surface area contributed by atoms with Crippen LogP contribution in [0.5, 0.6) is 5.75 Å². The Kier molecular flexibility index (Phi) is 9.16. The van der Waals surface area contributed by atoms with Crippen molar-refractivity contribution in [2.45, 2.75) is 24.6 Å². The molecule has 0 atom stereocenters. The maximum Gasteiger partial charge on any atom is 0.416 e. The molecule has 214 valence electrons. The fourth-order valence-electron chi connectivity index (χ4n) is 3.80. The molecule has 41 heavy (non-hydrogen) atoms. The molecule has 0 heterocycles. The molecule has 1 N–H and O–H groups in total. The van der Waals surface area contributed by atoms with E-state index in [1.807, 2.05) is 30.3 Å². The van der Waals surface area contributed by atoms with Gasteiger partial charge in [0.05, 0.1) is 26.2 Å². The molecule has 0 spiro atoms. The second-order valence-corrected chi connectivity index (χ2v) is 11.6. The second-order valence-electron chi connectivity index (χ2n) is 8.96. The number of nitrogens with one attached hydrogen (secondary N) is 1. The number of ether oxygens (including phenoxy) is 1. The highest BCUT2D eigenvalue weighted by Gasteiger charge is 2.32. The third-order valence-corrected chi connectivity index (χ3v) is 8.25. The zero-order valence-corrected chi connectivity index (χ0v) is 23.8. The summed E-state index contributed by atoms with van der Waals surface area (Å²) in [5, 5.41) is 2.35. The van der Waals surface area contributed by atoms with Crippen molar-refractivity contribution in [3.8, 4) is 5.75 Å².